The van der Waals surface area contributed by atoms with Gasteiger partial charge in [0.25, 0.3) is 5.56 Å². The number of nitrogens with one attached hydrogen (secondary N) is 1. The second-order valence-electron chi connectivity index (χ2n) is 7.20. The molecule has 0 aliphatic carbocycles. The van der Waals surface area contributed by atoms with Crippen LogP contribution in [0.2, 0.25) is 0 Å². The molecule has 9 heteroatoms. The molecule has 0 saturated heterocycles. The molecule has 158 valence electrons. The summed E-state index contributed by atoms with van der Waals surface area (Å²) in [6.45, 7) is 2.93. The molecule has 2 aromatic carbocycles. The lowest BCUT2D eigenvalue weighted by atomic mass is 9.98. The van der Waals surface area contributed by atoms with Crippen LogP contribution in [-0.2, 0) is 24.3 Å². The summed E-state index contributed by atoms with van der Waals surface area (Å²) in [4.78, 5) is 23.6. The lowest BCUT2D eigenvalue weighted by molar-refractivity contribution is -0.136. The highest BCUT2D eigenvalue weighted by molar-refractivity contribution is 5.80. The first-order valence-electron chi connectivity index (χ1n) is 10.00. The van der Waals surface area contributed by atoms with Crippen LogP contribution >= 0.6 is 0 Å². The number of benzene rings is 2. The number of carbonyl (C=O) groups is 1. The van der Waals surface area contributed by atoms with Crippen molar-refractivity contribution in [1.29, 1.82) is 0 Å². The molecule has 9 nitrogen and oxygen atoms in total. The smallest absolute Gasteiger partial charge is 0.309 e. The number of rotatable bonds is 8. The Morgan fingerprint density at radius 1 is 1.06 bits per heavy atom. The summed E-state index contributed by atoms with van der Waals surface area (Å²) < 4.78 is 3.37. The van der Waals surface area contributed by atoms with Gasteiger partial charge in [0.15, 0.2) is 0 Å². The Morgan fingerprint density at radius 2 is 1.81 bits per heavy atom. The Morgan fingerprint density at radius 3 is 2.45 bits per heavy atom. The number of hydrogen-bond donors (Lipinski definition) is 2. The van der Waals surface area contributed by atoms with Crippen LogP contribution in [0.3, 0.4) is 0 Å². The van der Waals surface area contributed by atoms with Crippen molar-refractivity contribution in [2.75, 3.05) is 0 Å². The van der Waals surface area contributed by atoms with Crippen LogP contribution in [0.5, 0.6) is 0 Å². The molecule has 0 spiro atoms. The molecule has 2 aromatic heterocycles. The fourth-order valence-corrected chi connectivity index (χ4v) is 3.66. The first kappa shape index (κ1) is 20.3. The third kappa shape index (κ3) is 4.30. The second-order valence-corrected chi connectivity index (χ2v) is 7.20. The van der Waals surface area contributed by atoms with Crippen molar-refractivity contribution in [2.24, 2.45) is 0 Å². The summed E-state index contributed by atoms with van der Waals surface area (Å²) in [5, 5.41) is 23.5. The average molecular weight is 418 g/mol. The fraction of sp³-hybridized carbons (Fsp3) is 0.227. The van der Waals surface area contributed by atoms with Crippen molar-refractivity contribution in [2.45, 2.75) is 32.9 Å². The maximum Gasteiger partial charge on any atom is 0.309 e. The molecule has 2 N–H and O–H groups in total. The number of aromatic amines is 1. The molecule has 0 aliphatic heterocycles. The minimum absolute atomic E-state index is 0.177. The number of aromatic nitrogens is 6. The Balaban J connectivity index is 1.65. The van der Waals surface area contributed by atoms with E-state index in [0.29, 0.717) is 24.6 Å². The topological polar surface area (TPSA) is 119 Å². The molecule has 4 rings (SSSR count). The minimum atomic E-state index is -0.962. The van der Waals surface area contributed by atoms with Crippen LogP contribution < -0.4 is 5.56 Å². The van der Waals surface area contributed by atoms with E-state index in [1.807, 2.05) is 55.5 Å². The van der Waals surface area contributed by atoms with E-state index in [1.165, 1.54) is 6.07 Å². The zero-order valence-electron chi connectivity index (χ0n) is 17.0. The van der Waals surface area contributed by atoms with Crippen LogP contribution in [0.15, 0.2) is 59.4 Å². The molecule has 0 saturated carbocycles. The van der Waals surface area contributed by atoms with Crippen molar-refractivity contribution >= 4 is 5.97 Å². The van der Waals surface area contributed by atoms with Gasteiger partial charge in [0.1, 0.15) is 0 Å². The van der Waals surface area contributed by atoms with E-state index in [4.69, 9.17) is 0 Å². The summed E-state index contributed by atoms with van der Waals surface area (Å²) in [5.41, 5.74) is 4.13. The Bertz CT molecular complexity index is 1240. The number of hydrogen-bond acceptors (Lipinski definition) is 5. The third-order valence-corrected chi connectivity index (χ3v) is 5.05. The average Bonchev–Trinajstić information content (AvgIpc) is 3.39. The van der Waals surface area contributed by atoms with E-state index in [1.54, 1.807) is 9.36 Å². The minimum Gasteiger partial charge on any atom is -0.481 e. The first-order valence-corrected chi connectivity index (χ1v) is 10.00. The molecule has 2 heterocycles. The molecule has 0 amide bonds. The number of nitrogens with zero attached hydrogens (tertiary/aromatic N) is 5. The number of H-pyrrole nitrogens is 1. The zero-order chi connectivity index (χ0) is 21.8. The van der Waals surface area contributed by atoms with Gasteiger partial charge in [0.2, 0.25) is 5.82 Å². The van der Waals surface area contributed by atoms with Gasteiger partial charge >= 0.3 is 5.97 Å². The number of carboxylic acid groups (broad SMARTS) is 1. The molecular weight excluding hydrogens is 396 g/mol. The van der Waals surface area contributed by atoms with Crippen LogP contribution in [0.1, 0.15) is 24.6 Å². The Labute approximate surface area is 178 Å². The Hall–Kier alpha value is -4.01. The van der Waals surface area contributed by atoms with Crippen molar-refractivity contribution in [3.05, 3.63) is 76.2 Å². The van der Waals surface area contributed by atoms with Crippen molar-refractivity contribution in [1.82, 2.24) is 30.0 Å². The normalized spacial score (nSPS) is 11.0. The number of aliphatic carboxylic acids is 1. The van der Waals surface area contributed by atoms with Gasteiger partial charge in [0.05, 0.1) is 18.7 Å². The lowest BCUT2D eigenvalue weighted by Crippen LogP contribution is -2.24. The van der Waals surface area contributed by atoms with Gasteiger partial charge in [-0.25, -0.2) is 0 Å². The molecule has 4 aromatic rings. The summed E-state index contributed by atoms with van der Waals surface area (Å²) in [7, 11) is 0. The van der Waals surface area contributed by atoms with Gasteiger partial charge in [-0.1, -0.05) is 55.5 Å². The van der Waals surface area contributed by atoms with Gasteiger partial charge in [-0.15, -0.1) is 10.2 Å². The highest BCUT2D eigenvalue weighted by atomic mass is 16.4. The second kappa shape index (κ2) is 8.78. The van der Waals surface area contributed by atoms with Gasteiger partial charge in [-0.2, -0.15) is 5.21 Å². The Kier molecular flexibility index (Phi) is 5.74. The van der Waals surface area contributed by atoms with E-state index in [0.717, 1.165) is 28.7 Å². The van der Waals surface area contributed by atoms with Crippen LogP contribution in [-0.4, -0.2) is 41.1 Å². The predicted molar refractivity (Wildman–Crippen MR) is 114 cm³/mol. The van der Waals surface area contributed by atoms with Crippen LogP contribution in [0.25, 0.3) is 22.5 Å². The van der Waals surface area contributed by atoms with E-state index < -0.39 is 5.97 Å². The van der Waals surface area contributed by atoms with E-state index in [2.05, 4.69) is 20.6 Å². The van der Waals surface area contributed by atoms with Gasteiger partial charge in [-0.3, -0.25) is 19.0 Å². The fourth-order valence-electron chi connectivity index (χ4n) is 3.66. The summed E-state index contributed by atoms with van der Waals surface area (Å²) in [6.07, 6.45) is 0.588. The molecule has 0 fully saturated rings. The van der Waals surface area contributed by atoms with Gasteiger partial charge in [-0.05, 0) is 28.3 Å². The quantitative estimate of drug-likeness (QED) is 0.454. The number of tetrazole rings is 1. The molecule has 0 radical (unpaired) electrons. The molecule has 0 aliphatic rings. The number of carboxylic acids is 1. The monoisotopic (exact) mass is 418 g/mol. The van der Waals surface area contributed by atoms with Crippen LogP contribution in [0, 0.1) is 0 Å². The molecule has 0 unspecified atom stereocenters. The third-order valence-electron chi connectivity index (χ3n) is 5.05. The molecule has 0 atom stereocenters. The molecule has 31 heavy (non-hydrogen) atoms. The predicted octanol–water partition coefficient (Wildman–Crippen LogP) is 2.58. The summed E-state index contributed by atoms with van der Waals surface area (Å²) >= 11 is 0. The first-order chi connectivity index (χ1) is 15.1. The maximum absolute atomic E-state index is 12.3. The van der Waals surface area contributed by atoms with E-state index in [9.17, 15) is 14.7 Å². The zero-order valence-corrected chi connectivity index (χ0v) is 17.0. The highest BCUT2D eigenvalue weighted by Crippen LogP contribution is 2.29. The summed E-state index contributed by atoms with van der Waals surface area (Å²) in [6, 6.07) is 17.2. The molecule has 0 bridgehead atoms. The SMILES string of the molecule is CCCn1c(=O)cc(CC(=O)O)n1Cc1ccc(-c2ccccc2-c2nn[nH]n2)cc1. The van der Waals surface area contributed by atoms with Gasteiger partial charge < -0.3 is 5.11 Å². The van der Waals surface area contributed by atoms with Crippen LogP contribution in [0.4, 0.5) is 0 Å². The van der Waals surface area contributed by atoms with E-state index >= 15 is 0 Å². The molecular formula is C22H22N6O3. The van der Waals surface area contributed by atoms with Gasteiger partial charge in [0, 0.05) is 18.2 Å². The van der Waals surface area contributed by atoms with E-state index in [-0.39, 0.29) is 12.0 Å². The lowest BCUT2D eigenvalue weighted by Gasteiger charge is -2.15. The van der Waals surface area contributed by atoms with Crippen molar-refractivity contribution in [3.63, 3.8) is 0 Å². The maximum atomic E-state index is 12.3. The summed E-state index contributed by atoms with van der Waals surface area (Å²) in [5.74, 6) is -0.440. The largest absolute Gasteiger partial charge is 0.481 e. The van der Waals surface area contributed by atoms with Crippen molar-refractivity contribution in [3.8, 4) is 22.5 Å². The highest BCUT2D eigenvalue weighted by Gasteiger charge is 2.15. The standard InChI is InChI=1S/C22H22N6O3/c1-2-11-27-20(29)12-17(13-21(30)31)28(27)14-15-7-9-16(10-8-15)18-5-3-4-6-19(18)22-23-25-26-24-22/h3-10,12H,2,11,13-14H2,1H3,(H,30,31)(H,23,24,25,26). The van der Waals surface area contributed by atoms with Crippen molar-refractivity contribution < 1.29 is 9.90 Å².